The van der Waals surface area contributed by atoms with Gasteiger partial charge in [-0.2, -0.15) is 0 Å². The molecular formula is C20H34Cl2N4OS. The molecule has 0 unspecified atom stereocenters. The average Bonchev–Trinajstić information content (AvgIpc) is 3.07. The van der Waals surface area contributed by atoms with Gasteiger partial charge in [0.05, 0.1) is 10.7 Å². The average molecular weight is 449 g/mol. The van der Waals surface area contributed by atoms with Gasteiger partial charge >= 0.3 is 0 Å². The standard InChI is InChI=1S/C20H32N4OS.2ClH/c25-19(7-3-5-16-15-10-14(12-23-16)11-21-13-15)22-9-8-20-24-17-4-1-2-6-18(17)26-20;;/h14-16,21,23H,1-13H2,(H,22,25);2*1H/t14-,15+,16-;;/m0../s1. The number of aryl methyl sites for hydroxylation is 2. The Morgan fingerprint density at radius 2 is 2.04 bits per heavy atom. The van der Waals surface area contributed by atoms with E-state index in [-0.39, 0.29) is 30.7 Å². The Labute approximate surface area is 185 Å². The van der Waals surface area contributed by atoms with E-state index >= 15 is 0 Å². The zero-order valence-electron chi connectivity index (χ0n) is 16.5. The van der Waals surface area contributed by atoms with Gasteiger partial charge in [-0.25, -0.2) is 4.98 Å². The molecule has 28 heavy (non-hydrogen) atoms. The number of carbonyl (C=O) groups excluding carboxylic acids is 1. The van der Waals surface area contributed by atoms with E-state index in [1.807, 2.05) is 11.3 Å². The third kappa shape index (κ3) is 6.30. The van der Waals surface area contributed by atoms with Crippen molar-refractivity contribution in [2.24, 2.45) is 11.8 Å². The molecule has 3 heterocycles. The summed E-state index contributed by atoms with van der Waals surface area (Å²) in [6.45, 7) is 4.16. The lowest BCUT2D eigenvalue weighted by atomic mass is 9.80. The largest absolute Gasteiger partial charge is 0.356 e. The lowest BCUT2D eigenvalue weighted by Gasteiger charge is -2.41. The molecule has 1 aromatic rings. The van der Waals surface area contributed by atoms with Crippen LogP contribution in [0.25, 0.3) is 0 Å². The number of piperidine rings is 2. The van der Waals surface area contributed by atoms with E-state index in [0.29, 0.717) is 12.5 Å². The molecule has 3 atom stereocenters. The van der Waals surface area contributed by atoms with Crippen molar-refractivity contribution in [1.29, 1.82) is 0 Å². The summed E-state index contributed by atoms with van der Waals surface area (Å²) in [5, 5.41) is 11.5. The highest BCUT2D eigenvalue weighted by Gasteiger charge is 2.32. The van der Waals surface area contributed by atoms with Crippen LogP contribution < -0.4 is 16.0 Å². The number of nitrogens with zero attached hydrogens (tertiary/aromatic N) is 1. The Balaban J connectivity index is 0.00000140. The van der Waals surface area contributed by atoms with Gasteiger partial charge in [0.2, 0.25) is 5.91 Å². The predicted molar refractivity (Wildman–Crippen MR) is 120 cm³/mol. The molecule has 0 radical (unpaired) electrons. The van der Waals surface area contributed by atoms with Gasteiger partial charge in [-0.1, -0.05) is 0 Å². The lowest BCUT2D eigenvalue weighted by Crippen LogP contribution is -2.54. The number of carbonyl (C=O) groups is 1. The molecule has 0 spiro atoms. The highest BCUT2D eigenvalue weighted by molar-refractivity contribution is 7.11. The summed E-state index contributed by atoms with van der Waals surface area (Å²) >= 11 is 1.86. The van der Waals surface area contributed by atoms with Crippen LogP contribution in [0.4, 0.5) is 0 Å². The minimum absolute atomic E-state index is 0. The molecule has 4 rings (SSSR count). The molecule has 0 aromatic carbocycles. The highest BCUT2D eigenvalue weighted by Crippen LogP contribution is 2.27. The van der Waals surface area contributed by atoms with Crippen LogP contribution in [0.5, 0.6) is 0 Å². The summed E-state index contributed by atoms with van der Waals surface area (Å²) in [5.74, 6) is 1.76. The minimum Gasteiger partial charge on any atom is -0.356 e. The zero-order chi connectivity index (χ0) is 17.8. The number of aromatic nitrogens is 1. The van der Waals surface area contributed by atoms with Gasteiger partial charge in [0.25, 0.3) is 0 Å². The topological polar surface area (TPSA) is 66.1 Å². The Morgan fingerprint density at radius 3 is 2.89 bits per heavy atom. The minimum atomic E-state index is 0. The Hall–Kier alpha value is -0.400. The van der Waals surface area contributed by atoms with Crippen molar-refractivity contribution in [1.82, 2.24) is 20.9 Å². The monoisotopic (exact) mass is 448 g/mol. The second-order valence-electron chi connectivity index (χ2n) is 8.21. The van der Waals surface area contributed by atoms with E-state index in [0.717, 1.165) is 57.2 Å². The van der Waals surface area contributed by atoms with Crippen LogP contribution in [0.3, 0.4) is 0 Å². The first-order valence-electron chi connectivity index (χ1n) is 10.5. The van der Waals surface area contributed by atoms with E-state index in [4.69, 9.17) is 4.98 Å². The number of amides is 1. The van der Waals surface area contributed by atoms with E-state index in [1.165, 1.54) is 47.8 Å². The van der Waals surface area contributed by atoms with Crippen LogP contribution in [0.15, 0.2) is 0 Å². The summed E-state index contributed by atoms with van der Waals surface area (Å²) < 4.78 is 0. The molecule has 2 fully saturated rings. The van der Waals surface area contributed by atoms with Gasteiger partial charge in [0.1, 0.15) is 0 Å². The fourth-order valence-electron chi connectivity index (χ4n) is 4.74. The van der Waals surface area contributed by atoms with Crippen LogP contribution in [0.1, 0.15) is 54.1 Å². The number of nitrogens with one attached hydrogen (secondary N) is 3. The molecule has 0 saturated carbocycles. The summed E-state index contributed by atoms with van der Waals surface area (Å²) in [7, 11) is 0. The Bertz CT molecular complexity index is 604. The van der Waals surface area contributed by atoms with Crippen molar-refractivity contribution < 1.29 is 4.79 Å². The number of halogens is 2. The zero-order valence-corrected chi connectivity index (χ0v) is 19.0. The smallest absolute Gasteiger partial charge is 0.220 e. The normalized spacial score (nSPS) is 25.8. The summed E-state index contributed by atoms with van der Waals surface area (Å²) in [4.78, 5) is 18.4. The second kappa shape index (κ2) is 11.7. The van der Waals surface area contributed by atoms with Crippen LogP contribution in [-0.4, -0.2) is 43.1 Å². The molecule has 1 amide bonds. The summed E-state index contributed by atoms with van der Waals surface area (Å²) in [6, 6.07) is 0.591. The van der Waals surface area contributed by atoms with E-state index in [9.17, 15) is 4.79 Å². The maximum absolute atomic E-state index is 12.1. The summed E-state index contributed by atoms with van der Waals surface area (Å²) in [6.07, 6.45) is 9.91. The second-order valence-corrected chi connectivity index (χ2v) is 9.38. The van der Waals surface area contributed by atoms with Crippen LogP contribution in [0, 0.1) is 11.8 Å². The third-order valence-electron chi connectivity index (χ3n) is 6.18. The number of fused-ring (bicyclic) bond motifs is 3. The van der Waals surface area contributed by atoms with Crippen molar-refractivity contribution in [3.05, 3.63) is 15.6 Å². The van der Waals surface area contributed by atoms with E-state index < -0.39 is 0 Å². The van der Waals surface area contributed by atoms with Crippen LogP contribution >= 0.6 is 36.2 Å². The Kier molecular flexibility index (Phi) is 9.98. The van der Waals surface area contributed by atoms with Crippen LogP contribution in [0.2, 0.25) is 0 Å². The molecule has 8 heteroatoms. The predicted octanol–water partition coefficient (Wildman–Crippen LogP) is 2.89. The molecule has 160 valence electrons. The van der Waals surface area contributed by atoms with Gasteiger partial charge in [-0.15, -0.1) is 36.2 Å². The Morgan fingerprint density at radius 1 is 1.18 bits per heavy atom. The molecule has 5 nitrogen and oxygen atoms in total. The number of thiazole rings is 1. The molecule has 2 saturated heterocycles. The van der Waals surface area contributed by atoms with Crippen molar-refractivity contribution in [3.63, 3.8) is 0 Å². The van der Waals surface area contributed by atoms with Crippen LogP contribution in [-0.2, 0) is 24.1 Å². The van der Waals surface area contributed by atoms with Crippen molar-refractivity contribution in [2.75, 3.05) is 26.2 Å². The van der Waals surface area contributed by atoms with Crippen molar-refractivity contribution >= 4 is 42.1 Å². The van der Waals surface area contributed by atoms with E-state index in [2.05, 4.69) is 16.0 Å². The number of hydrogen-bond donors (Lipinski definition) is 3. The van der Waals surface area contributed by atoms with Gasteiger partial charge < -0.3 is 16.0 Å². The van der Waals surface area contributed by atoms with Crippen molar-refractivity contribution in [2.45, 2.75) is 63.8 Å². The van der Waals surface area contributed by atoms with E-state index in [1.54, 1.807) is 0 Å². The maximum atomic E-state index is 12.1. The van der Waals surface area contributed by atoms with Gasteiger partial charge in [-0.3, -0.25) is 4.79 Å². The molecule has 2 bridgehead atoms. The SMILES string of the molecule is Cl.Cl.O=C(CCC[C@@H]1NC[C@@H]2CNC[C@H]1C2)NCCc1nc2c(s1)CCCC2. The highest BCUT2D eigenvalue weighted by atomic mass is 35.5. The quantitative estimate of drug-likeness (QED) is 0.599. The molecular weight excluding hydrogens is 415 g/mol. The van der Waals surface area contributed by atoms with Gasteiger partial charge in [0, 0.05) is 30.3 Å². The lowest BCUT2D eigenvalue weighted by molar-refractivity contribution is -0.121. The number of rotatable bonds is 7. The fourth-order valence-corrected chi connectivity index (χ4v) is 5.90. The first-order valence-corrected chi connectivity index (χ1v) is 11.3. The number of hydrogen-bond acceptors (Lipinski definition) is 5. The fraction of sp³-hybridized carbons (Fsp3) is 0.800. The third-order valence-corrected chi connectivity index (χ3v) is 7.40. The first-order chi connectivity index (χ1) is 12.8. The molecule has 1 aliphatic carbocycles. The summed E-state index contributed by atoms with van der Waals surface area (Å²) in [5.41, 5.74) is 1.32. The van der Waals surface area contributed by atoms with Gasteiger partial charge in [0.15, 0.2) is 0 Å². The molecule has 1 aromatic heterocycles. The first kappa shape index (κ1) is 23.9. The van der Waals surface area contributed by atoms with Gasteiger partial charge in [-0.05, 0) is 76.4 Å². The van der Waals surface area contributed by atoms with Crippen molar-refractivity contribution in [3.8, 4) is 0 Å². The molecule has 3 aliphatic rings. The molecule has 3 N–H and O–H groups in total. The molecule has 2 aliphatic heterocycles. The maximum Gasteiger partial charge on any atom is 0.220 e.